The van der Waals surface area contributed by atoms with Gasteiger partial charge in [0, 0.05) is 18.1 Å². The molecular formula is C9H9N5OS. The first-order valence-corrected chi connectivity index (χ1v) is 5.83. The van der Waals surface area contributed by atoms with Gasteiger partial charge in [-0.1, -0.05) is 11.8 Å². The van der Waals surface area contributed by atoms with Crippen molar-refractivity contribution in [3.63, 3.8) is 0 Å². The highest BCUT2D eigenvalue weighted by molar-refractivity contribution is 7.99. The normalized spacial score (nSPS) is 19.4. The van der Waals surface area contributed by atoms with Crippen LogP contribution in [0.4, 0.5) is 0 Å². The van der Waals surface area contributed by atoms with E-state index in [1.165, 1.54) is 11.8 Å². The summed E-state index contributed by atoms with van der Waals surface area (Å²) in [6, 6.07) is 0. The lowest BCUT2D eigenvalue weighted by molar-refractivity contribution is 0.164. The second-order valence-corrected chi connectivity index (χ2v) is 4.44. The Bertz CT molecular complexity index is 500. The van der Waals surface area contributed by atoms with Crippen LogP contribution in [0.15, 0.2) is 23.7 Å². The fourth-order valence-corrected chi connectivity index (χ4v) is 2.36. The van der Waals surface area contributed by atoms with Gasteiger partial charge in [0.1, 0.15) is 5.69 Å². The fourth-order valence-electron chi connectivity index (χ4n) is 1.50. The van der Waals surface area contributed by atoms with Crippen molar-refractivity contribution in [3.8, 4) is 11.5 Å². The topological polar surface area (TPSA) is 76.7 Å². The van der Waals surface area contributed by atoms with Gasteiger partial charge in [0.2, 0.25) is 5.82 Å². The van der Waals surface area contributed by atoms with Gasteiger partial charge in [0.05, 0.1) is 18.8 Å². The first-order chi connectivity index (χ1) is 7.83. The minimum absolute atomic E-state index is 0.353. The summed E-state index contributed by atoms with van der Waals surface area (Å²) >= 11 is 1.50. The molecule has 1 aliphatic heterocycles. The molecule has 7 heteroatoms. The van der Waals surface area contributed by atoms with Gasteiger partial charge in [-0.3, -0.25) is 4.98 Å². The van der Waals surface area contributed by atoms with Crippen molar-refractivity contribution in [2.75, 3.05) is 5.75 Å². The second kappa shape index (κ2) is 3.84. The third-order valence-corrected chi connectivity index (χ3v) is 3.33. The summed E-state index contributed by atoms with van der Waals surface area (Å²) < 4.78 is 1.71. The van der Waals surface area contributed by atoms with Gasteiger partial charge in [-0.2, -0.15) is 4.98 Å². The van der Waals surface area contributed by atoms with Crippen LogP contribution in [0, 0.1) is 0 Å². The van der Waals surface area contributed by atoms with E-state index in [-0.39, 0.29) is 6.10 Å². The van der Waals surface area contributed by atoms with E-state index in [0.29, 0.717) is 23.8 Å². The molecule has 3 rings (SSSR count). The van der Waals surface area contributed by atoms with Gasteiger partial charge in [-0.15, -0.1) is 5.10 Å². The molecule has 2 aromatic rings. The average Bonchev–Trinajstić information content (AvgIpc) is 2.73. The molecule has 0 fully saturated rings. The number of thioether (sulfide) groups is 1. The molecule has 6 nitrogen and oxygen atoms in total. The van der Waals surface area contributed by atoms with Crippen LogP contribution < -0.4 is 0 Å². The summed E-state index contributed by atoms with van der Waals surface area (Å²) in [6.45, 7) is 0.496. The maximum absolute atomic E-state index is 9.50. The SMILES string of the molecule is O[C@H]1CSc2nc(-c3cnccn3)nn2C1. The lowest BCUT2D eigenvalue weighted by Gasteiger charge is -2.16. The van der Waals surface area contributed by atoms with Crippen LogP contribution in [0.5, 0.6) is 0 Å². The highest BCUT2D eigenvalue weighted by Crippen LogP contribution is 2.24. The van der Waals surface area contributed by atoms with E-state index in [1.807, 2.05) is 0 Å². The summed E-state index contributed by atoms with van der Waals surface area (Å²) in [5.41, 5.74) is 0.652. The Morgan fingerprint density at radius 3 is 3.19 bits per heavy atom. The van der Waals surface area contributed by atoms with E-state index in [9.17, 15) is 5.11 Å². The van der Waals surface area contributed by atoms with E-state index < -0.39 is 0 Å². The lowest BCUT2D eigenvalue weighted by atomic mass is 10.4. The molecule has 0 unspecified atom stereocenters. The van der Waals surface area contributed by atoms with Crippen LogP contribution >= 0.6 is 11.8 Å². The molecule has 0 aliphatic carbocycles. The van der Waals surface area contributed by atoms with Gasteiger partial charge in [-0.25, -0.2) is 9.67 Å². The summed E-state index contributed by atoms with van der Waals surface area (Å²) in [5.74, 6) is 1.23. The quantitative estimate of drug-likeness (QED) is 0.761. The molecule has 0 saturated carbocycles. The zero-order valence-corrected chi connectivity index (χ0v) is 9.13. The van der Waals surface area contributed by atoms with Gasteiger partial charge in [-0.05, 0) is 0 Å². The van der Waals surface area contributed by atoms with Crippen LogP contribution in [0.2, 0.25) is 0 Å². The van der Waals surface area contributed by atoms with E-state index in [0.717, 1.165) is 5.16 Å². The maximum atomic E-state index is 9.50. The molecule has 16 heavy (non-hydrogen) atoms. The van der Waals surface area contributed by atoms with Gasteiger partial charge < -0.3 is 5.11 Å². The predicted octanol–water partition coefficient (Wildman–Crippen LogP) is 0.202. The van der Waals surface area contributed by atoms with E-state index in [4.69, 9.17) is 0 Å². The monoisotopic (exact) mass is 235 g/mol. The summed E-state index contributed by atoms with van der Waals surface area (Å²) in [6.07, 6.45) is 4.49. The van der Waals surface area contributed by atoms with Crippen LogP contribution in [0.1, 0.15) is 0 Å². The van der Waals surface area contributed by atoms with Crippen molar-refractivity contribution in [2.24, 2.45) is 0 Å². The van der Waals surface area contributed by atoms with Crippen LogP contribution in [0.25, 0.3) is 11.5 Å². The molecule has 0 saturated heterocycles. The molecule has 1 N–H and O–H groups in total. The zero-order valence-electron chi connectivity index (χ0n) is 8.32. The summed E-state index contributed by atoms with van der Waals surface area (Å²) in [5, 5.41) is 14.6. The van der Waals surface area contributed by atoms with Gasteiger partial charge >= 0.3 is 0 Å². The fraction of sp³-hybridized carbons (Fsp3) is 0.333. The highest BCUT2D eigenvalue weighted by Gasteiger charge is 2.21. The first-order valence-electron chi connectivity index (χ1n) is 4.85. The Balaban J connectivity index is 1.99. The van der Waals surface area contributed by atoms with Gasteiger partial charge in [0.25, 0.3) is 0 Å². The number of nitrogens with zero attached hydrogens (tertiary/aromatic N) is 5. The smallest absolute Gasteiger partial charge is 0.202 e. The summed E-state index contributed by atoms with van der Waals surface area (Å²) in [4.78, 5) is 12.5. The number of hydrogen-bond acceptors (Lipinski definition) is 6. The number of aromatic nitrogens is 5. The molecule has 0 amide bonds. The molecule has 1 aliphatic rings. The minimum Gasteiger partial charge on any atom is -0.390 e. The van der Waals surface area contributed by atoms with Crippen molar-refractivity contribution in [3.05, 3.63) is 18.6 Å². The number of aliphatic hydroxyl groups is 1. The second-order valence-electron chi connectivity index (χ2n) is 3.46. The zero-order chi connectivity index (χ0) is 11.0. The van der Waals surface area contributed by atoms with Crippen molar-refractivity contribution >= 4 is 11.8 Å². The van der Waals surface area contributed by atoms with E-state index >= 15 is 0 Å². The molecule has 2 aromatic heterocycles. The van der Waals surface area contributed by atoms with E-state index in [2.05, 4.69) is 20.1 Å². The number of fused-ring (bicyclic) bond motifs is 1. The Hall–Kier alpha value is -1.47. The first kappa shape index (κ1) is 9.73. The van der Waals surface area contributed by atoms with Crippen molar-refractivity contribution in [1.29, 1.82) is 0 Å². The van der Waals surface area contributed by atoms with E-state index in [1.54, 1.807) is 23.3 Å². The van der Waals surface area contributed by atoms with Crippen LogP contribution in [0.3, 0.4) is 0 Å². The lowest BCUT2D eigenvalue weighted by Crippen LogP contribution is -2.24. The van der Waals surface area contributed by atoms with Crippen molar-refractivity contribution in [2.45, 2.75) is 17.8 Å². The Kier molecular flexibility index (Phi) is 2.33. The number of rotatable bonds is 1. The Morgan fingerprint density at radius 2 is 2.38 bits per heavy atom. The largest absolute Gasteiger partial charge is 0.390 e. The summed E-state index contributed by atoms with van der Waals surface area (Å²) in [7, 11) is 0. The molecule has 1 atom stereocenters. The molecule has 0 spiro atoms. The average molecular weight is 235 g/mol. The standard InChI is InChI=1S/C9H9N5OS/c15-6-4-14-9(16-5-6)12-8(13-14)7-3-10-1-2-11-7/h1-3,6,15H,4-5H2/t6-/m1/s1. The van der Waals surface area contributed by atoms with Gasteiger partial charge in [0.15, 0.2) is 5.16 Å². The number of aliphatic hydroxyl groups excluding tert-OH is 1. The van der Waals surface area contributed by atoms with Crippen molar-refractivity contribution in [1.82, 2.24) is 24.7 Å². The molecule has 0 aromatic carbocycles. The Morgan fingerprint density at radius 1 is 1.44 bits per heavy atom. The maximum Gasteiger partial charge on any atom is 0.202 e. The highest BCUT2D eigenvalue weighted by atomic mass is 32.2. The van der Waals surface area contributed by atoms with Crippen LogP contribution in [-0.4, -0.2) is 41.7 Å². The molecule has 82 valence electrons. The predicted molar refractivity (Wildman–Crippen MR) is 57.8 cm³/mol. The molecular weight excluding hydrogens is 226 g/mol. The molecule has 0 bridgehead atoms. The van der Waals surface area contributed by atoms with Crippen molar-refractivity contribution < 1.29 is 5.11 Å². The third kappa shape index (κ3) is 1.68. The Labute approximate surface area is 95.8 Å². The number of hydrogen-bond donors (Lipinski definition) is 1. The van der Waals surface area contributed by atoms with Crippen LogP contribution in [-0.2, 0) is 6.54 Å². The molecule has 0 radical (unpaired) electrons. The minimum atomic E-state index is -0.353. The third-order valence-electron chi connectivity index (χ3n) is 2.22. The molecule has 3 heterocycles.